The summed E-state index contributed by atoms with van der Waals surface area (Å²) in [5.74, 6) is 0. The molecule has 0 radical (unpaired) electrons. The molecular weight excluding hydrogens is 248 g/mol. The average molecular weight is 268 g/mol. The Balaban J connectivity index is 2.67. The number of alkyl carbamates (subject to hydrolysis) is 1. The van der Waals surface area contributed by atoms with Gasteiger partial charge in [-0.05, 0) is 51.0 Å². The van der Waals surface area contributed by atoms with E-state index in [9.17, 15) is 4.79 Å². The number of carbonyl (C=O) groups is 1. The van der Waals surface area contributed by atoms with Crippen molar-refractivity contribution in [1.82, 2.24) is 5.32 Å². The molecule has 3 N–H and O–H groups in total. The first-order valence-corrected chi connectivity index (χ1v) is 6.18. The van der Waals surface area contributed by atoms with Gasteiger partial charge in [0.15, 0.2) is 0 Å². The minimum Gasteiger partial charge on any atom is -0.444 e. The molecule has 0 aliphatic heterocycles. The van der Waals surface area contributed by atoms with Crippen LogP contribution in [0.3, 0.4) is 0 Å². The number of nitrogen functional groups attached to an aromatic ring is 1. The molecule has 0 fully saturated rings. The Morgan fingerprint density at radius 2 is 2.06 bits per heavy atom. The third kappa shape index (κ3) is 4.49. The van der Waals surface area contributed by atoms with Crippen LogP contribution in [0, 0.1) is 6.92 Å². The molecule has 0 saturated heterocycles. The van der Waals surface area contributed by atoms with E-state index in [0.717, 1.165) is 16.0 Å². The molecule has 0 heterocycles. The summed E-state index contributed by atoms with van der Waals surface area (Å²) in [6, 6.07) is 3.67. The molecule has 0 bridgehead atoms. The van der Waals surface area contributed by atoms with E-state index in [1.165, 1.54) is 0 Å². The van der Waals surface area contributed by atoms with Crippen LogP contribution in [0.1, 0.15) is 31.9 Å². The largest absolute Gasteiger partial charge is 0.444 e. The number of nitrogens with one attached hydrogen (secondary N) is 1. The van der Waals surface area contributed by atoms with Gasteiger partial charge in [-0.25, -0.2) is 4.79 Å². The van der Waals surface area contributed by atoms with Crippen LogP contribution in [0.2, 0.25) is 0 Å². The molecule has 0 aliphatic carbocycles. The molecule has 0 unspecified atom stereocenters. The van der Waals surface area contributed by atoms with Gasteiger partial charge in [-0.3, -0.25) is 0 Å². The summed E-state index contributed by atoms with van der Waals surface area (Å²) in [5.41, 5.74) is 7.89. The van der Waals surface area contributed by atoms with E-state index in [1.807, 2.05) is 33.8 Å². The number of carbonyl (C=O) groups excluding carboxylic acids is 1. The van der Waals surface area contributed by atoms with E-state index >= 15 is 0 Å². The lowest BCUT2D eigenvalue weighted by molar-refractivity contribution is 0.0523. The molecular formula is C13H20N2O2S. The fourth-order valence-electron chi connectivity index (χ4n) is 1.45. The lowest BCUT2D eigenvalue weighted by atomic mass is 10.1. The zero-order valence-corrected chi connectivity index (χ0v) is 12.1. The van der Waals surface area contributed by atoms with Crippen LogP contribution < -0.4 is 11.1 Å². The van der Waals surface area contributed by atoms with Crippen LogP contribution in [-0.4, -0.2) is 11.7 Å². The number of ether oxygens (including phenoxy) is 1. The van der Waals surface area contributed by atoms with E-state index in [-0.39, 0.29) is 0 Å². The van der Waals surface area contributed by atoms with E-state index < -0.39 is 11.7 Å². The molecule has 0 saturated carbocycles. The predicted octanol–water partition coefficient (Wildman–Crippen LogP) is 2.89. The molecule has 0 aliphatic rings. The highest BCUT2D eigenvalue weighted by Crippen LogP contribution is 2.21. The second-order valence-electron chi connectivity index (χ2n) is 5.17. The van der Waals surface area contributed by atoms with Gasteiger partial charge in [0.05, 0.1) is 0 Å². The van der Waals surface area contributed by atoms with Crippen molar-refractivity contribution in [2.75, 3.05) is 5.73 Å². The van der Waals surface area contributed by atoms with Crippen molar-refractivity contribution >= 4 is 24.4 Å². The molecule has 5 heteroatoms. The van der Waals surface area contributed by atoms with Crippen molar-refractivity contribution < 1.29 is 9.53 Å². The molecule has 0 spiro atoms. The van der Waals surface area contributed by atoms with Gasteiger partial charge in [-0.15, -0.1) is 12.6 Å². The van der Waals surface area contributed by atoms with Gasteiger partial charge in [0.1, 0.15) is 5.60 Å². The molecule has 1 amide bonds. The van der Waals surface area contributed by atoms with Crippen LogP contribution in [0.4, 0.5) is 10.5 Å². The Labute approximate surface area is 113 Å². The van der Waals surface area contributed by atoms with E-state index in [4.69, 9.17) is 10.5 Å². The van der Waals surface area contributed by atoms with Gasteiger partial charge in [0, 0.05) is 17.1 Å². The molecule has 1 rings (SSSR count). The third-order valence-corrected chi connectivity index (χ3v) is 2.62. The van der Waals surface area contributed by atoms with Gasteiger partial charge in [0.25, 0.3) is 0 Å². The maximum absolute atomic E-state index is 11.5. The van der Waals surface area contributed by atoms with Crippen molar-refractivity contribution in [3.05, 3.63) is 23.3 Å². The summed E-state index contributed by atoms with van der Waals surface area (Å²) >= 11 is 4.26. The summed E-state index contributed by atoms with van der Waals surface area (Å²) in [6.07, 6.45) is -0.440. The van der Waals surface area contributed by atoms with E-state index in [2.05, 4.69) is 17.9 Å². The number of thiol groups is 1. The van der Waals surface area contributed by atoms with Crippen molar-refractivity contribution in [2.45, 2.75) is 44.7 Å². The number of amides is 1. The minimum atomic E-state index is -0.496. The zero-order chi connectivity index (χ0) is 13.9. The number of nitrogens with two attached hydrogens (primary N) is 1. The van der Waals surface area contributed by atoms with Crippen LogP contribution in [0.5, 0.6) is 0 Å². The maximum Gasteiger partial charge on any atom is 0.407 e. The Morgan fingerprint density at radius 1 is 1.44 bits per heavy atom. The first-order chi connectivity index (χ1) is 8.19. The summed E-state index contributed by atoms with van der Waals surface area (Å²) in [5, 5.41) is 2.70. The highest BCUT2D eigenvalue weighted by molar-refractivity contribution is 7.80. The fourth-order valence-corrected chi connectivity index (χ4v) is 1.74. The monoisotopic (exact) mass is 268 g/mol. The quantitative estimate of drug-likeness (QED) is 0.571. The zero-order valence-electron chi connectivity index (χ0n) is 11.2. The standard InChI is InChI=1S/C13H20N2O2S/c1-8-9(5-10(18)6-11(8)14)7-15-12(16)17-13(2,3)4/h5-6,18H,7,14H2,1-4H3,(H,15,16). The number of anilines is 1. The SMILES string of the molecule is Cc1c(N)cc(S)cc1CNC(=O)OC(C)(C)C. The smallest absolute Gasteiger partial charge is 0.407 e. The molecule has 0 aromatic heterocycles. The summed E-state index contributed by atoms with van der Waals surface area (Å²) < 4.78 is 5.16. The van der Waals surface area contributed by atoms with Gasteiger partial charge in [-0.1, -0.05) is 0 Å². The normalized spacial score (nSPS) is 11.2. The first kappa shape index (κ1) is 14.7. The van der Waals surface area contributed by atoms with Crippen LogP contribution in [0.25, 0.3) is 0 Å². The van der Waals surface area contributed by atoms with Gasteiger partial charge in [-0.2, -0.15) is 0 Å². The lowest BCUT2D eigenvalue weighted by Crippen LogP contribution is -2.32. The van der Waals surface area contributed by atoms with Gasteiger partial charge < -0.3 is 15.8 Å². The van der Waals surface area contributed by atoms with Gasteiger partial charge in [0.2, 0.25) is 0 Å². The Hall–Kier alpha value is -1.36. The third-order valence-electron chi connectivity index (χ3n) is 2.36. The van der Waals surface area contributed by atoms with Crippen LogP contribution >= 0.6 is 12.6 Å². The highest BCUT2D eigenvalue weighted by atomic mass is 32.1. The number of hydrogen-bond acceptors (Lipinski definition) is 4. The first-order valence-electron chi connectivity index (χ1n) is 5.74. The van der Waals surface area contributed by atoms with Crippen molar-refractivity contribution in [3.8, 4) is 0 Å². The Kier molecular flexibility index (Phi) is 4.51. The van der Waals surface area contributed by atoms with Crippen molar-refractivity contribution in [2.24, 2.45) is 0 Å². The van der Waals surface area contributed by atoms with Crippen LogP contribution in [-0.2, 0) is 11.3 Å². The number of benzene rings is 1. The molecule has 4 nitrogen and oxygen atoms in total. The topological polar surface area (TPSA) is 64.3 Å². The lowest BCUT2D eigenvalue weighted by Gasteiger charge is -2.20. The van der Waals surface area contributed by atoms with E-state index in [1.54, 1.807) is 6.07 Å². The Bertz CT molecular complexity index is 453. The second-order valence-corrected chi connectivity index (χ2v) is 5.69. The number of hydrogen-bond donors (Lipinski definition) is 3. The highest BCUT2D eigenvalue weighted by Gasteiger charge is 2.16. The fraction of sp³-hybridized carbons (Fsp3) is 0.462. The maximum atomic E-state index is 11.5. The van der Waals surface area contributed by atoms with Crippen LogP contribution in [0.15, 0.2) is 17.0 Å². The summed E-state index contributed by atoms with van der Waals surface area (Å²) in [4.78, 5) is 12.3. The molecule has 100 valence electrons. The number of rotatable bonds is 2. The molecule has 1 aromatic carbocycles. The van der Waals surface area contributed by atoms with Crippen molar-refractivity contribution in [3.63, 3.8) is 0 Å². The molecule has 0 atom stereocenters. The predicted molar refractivity (Wildman–Crippen MR) is 75.9 cm³/mol. The Morgan fingerprint density at radius 3 is 2.61 bits per heavy atom. The molecule has 18 heavy (non-hydrogen) atoms. The van der Waals surface area contributed by atoms with Crippen molar-refractivity contribution in [1.29, 1.82) is 0 Å². The average Bonchev–Trinajstić information content (AvgIpc) is 2.18. The van der Waals surface area contributed by atoms with Gasteiger partial charge >= 0.3 is 6.09 Å². The molecule has 1 aromatic rings. The van der Waals surface area contributed by atoms with E-state index in [0.29, 0.717) is 12.2 Å². The minimum absolute atomic E-state index is 0.374. The summed E-state index contributed by atoms with van der Waals surface area (Å²) in [6.45, 7) is 7.76. The summed E-state index contributed by atoms with van der Waals surface area (Å²) in [7, 11) is 0. The second kappa shape index (κ2) is 5.52.